The summed E-state index contributed by atoms with van der Waals surface area (Å²) in [5.74, 6) is 4.53. The van der Waals surface area contributed by atoms with Crippen LogP contribution in [0.1, 0.15) is 27.2 Å². The Kier molecular flexibility index (Phi) is 5.54. The molecule has 2 aromatic heterocycles. The van der Waals surface area contributed by atoms with Crippen LogP contribution in [0.3, 0.4) is 0 Å². The van der Waals surface area contributed by atoms with E-state index in [0.717, 1.165) is 11.1 Å². The number of benzene rings is 2. The van der Waals surface area contributed by atoms with E-state index in [2.05, 4.69) is 21.8 Å². The van der Waals surface area contributed by atoms with Crippen molar-refractivity contribution in [3.05, 3.63) is 106 Å². The van der Waals surface area contributed by atoms with E-state index in [1.54, 1.807) is 30.3 Å². The van der Waals surface area contributed by atoms with Gasteiger partial charge in [-0.05, 0) is 47.4 Å². The molecule has 0 spiro atoms. The summed E-state index contributed by atoms with van der Waals surface area (Å²) in [5, 5.41) is 9.38. The van der Waals surface area contributed by atoms with Gasteiger partial charge >= 0.3 is 5.97 Å². The van der Waals surface area contributed by atoms with Crippen molar-refractivity contribution in [2.45, 2.75) is 13.0 Å². The molecule has 0 aliphatic rings. The fraction of sp³-hybridized carbons (Fsp3) is 0.0833. The topological polar surface area (TPSA) is 85.1 Å². The number of rotatable bonds is 4. The summed E-state index contributed by atoms with van der Waals surface area (Å²) in [4.78, 5) is 32.4. The molecule has 2 heterocycles. The number of carbonyl (C=O) groups is 1. The third-order valence-electron chi connectivity index (χ3n) is 4.66. The molecule has 4 aromatic rings. The molecule has 2 aromatic carbocycles. The molecule has 4 rings (SSSR count). The number of nitrogens with zero attached hydrogens (tertiary/aromatic N) is 3. The Morgan fingerprint density at radius 3 is 2.61 bits per heavy atom. The normalized spacial score (nSPS) is 10.5. The fourth-order valence-corrected chi connectivity index (χ4v) is 3.08. The second-order valence-electron chi connectivity index (χ2n) is 6.87. The zero-order chi connectivity index (χ0) is 21.8. The Bertz CT molecular complexity index is 1400. The predicted molar refractivity (Wildman–Crippen MR) is 113 cm³/mol. The summed E-state index contributed by atoms with van der Waals surface area (Å²) < 4.78 is 14.7. The van der Waals surface area contributed by atoms with Crippen LogP contribution in [0.5, 0.6) is 0 Å². The van der Waals surface area contributed by atoms with Crippen LogP contribution in [-0.2, 0) is 13.0 Å². The summed E-state index contributed by atoms with van der Waals surface area (Å²) in [6.07, 6.45) is 3.29. The highest BCUT2D eigenvalue weighted by molar-refractivity contribution is 5.87. The second-order valence-corrected chi connectivity index (χ2v) is 6.87. The zero-order valence-electron chi connectivity index (χ0n) is 16.2. The minimum absolute atomic E-state index is 0.181. The van der Waals surface area contributed by atoms with E-state index < -0.39 is 5.97 Å². The molecular weight excluding hydrogens is 397 g/mol. The number of carboxylic acid groups (broad SMARTS) is 1. The molecule has 0 unspecified atom stereocenters. The van der Waals surface area contributed by atoms with Crippen molar-refractivity contribution in [1.29, 1.82) is 0 Å². The van der Waals surface area contributed by atoms with Gasteiger partial charge in [-0.3, -0.25) is 9.36 Å². The molecule has 152 valence electrons. The average Bonchev–Trinajstić information content (AvgIpc) is 2.76. The first-order valence-electron chi connectivity index (χ1n) is 9.40. The quantitative estimate of drug-likeness (QED) is 0.519. The summed E-state index contributed by atoms with van der Waals surface area (Å²) in [7, 11) is 0. The molecule has 6 nitrogen and oxygen atoms in total. The number of aromatic carboxylic acids is 1. The Balaban J connectivity index is 1.59. The number of carboxylic acids is 1. The van der Waals surface area contributed by atoms with E-state index in [1.807, 2.05) is 0 Å². The smallest absolute Gasteiger partial charge is 0.335 e. The number of aromatic nitrogens is 3. The lowest BCUT2D eigenvalue weighted by atomic mass is 10.1. The fourth-order valence-electron chi connectivity index (χ4n) is 3.08. The van der Waals surface area contributed by atoms with Crippen LogP contribution >= 0.6 is 0 Å². The van der Waals surface area contributed by atoms with Crippen molar-refractivity contribution in [3.8, 4) is 11.8 Å². The van der Waals surface area contributed by atoms with E-state index in [4.69, 9.17) is 5.11 Å². The van der Waals surface area contributed by atoms with E-state index >= 15 is 0 Å². The van der Waals surface area contributed by atoms with Crippen LogP contribution in [0.4, 0.5) is 4.39 Å². The van der Waals surface area contributed by atoms with Gasteiger partial charge in [0.2, 0.25) is 0 Å². The number of fused-ring (bicyclic) bond motifs is 1. The van der Waals surface area contributed by atoms with E-state index in [1.165, 1.54) is 41.4 Å². The van der Waals surface area contributed by atoms with Crippen LogP contribution < -0.4 is 5.56 Å². The van der Waals surface area contributed by atoms with Gasteiger partial charge in [-0.2, -0.15) is 0 Å². The highest BCUT2D eigenvalue weighted by Crippen LogP contribution is 2.10. The molecule has 31 heavy (non-hydrogen) atoms. The third-order valence-corrected chi connectivity index (χ3v) is 4.66. The van der Waals surface area contributed by atoms with Crippen molar-refractivity contribution < 1.29 is 14.3 Å². The number of hydrogen-bond donors (Lipinski definition) is 1. The van der Waals surface area contributed by atoms with Crippen molar-refractivity contribution in [1.82, 2.24) is 14.5 Å². The first kappa shape index (κ1) is 20.0. The molecule has 0 amide bonds. The molecule has 0 saturated carbocycles. The van der Waals surface area contributed by atoms with Gasteiger partial charge in [0.05, 0.1) is 35.5 Å². The lowest BCUT2D eigenvalue weighted by molar-refractivity contribution is 0.0697. The SMILES string of the molecule is O=C(O)c1ccc(Cn2cnc3cnc(C#CCc4cccc(F)c4)cc3c2=O)cc1. The minimum atomic E-state index is -1.00. The molecule has 0 saturated heterocycles. The zero-order valence-corrected chi connectivity index (χ0v) is 16.2. The molecule has 0 fully saturated rings. The Hall–Kier alpha value is -4.31. The molecule has 0 bridgehead atoms. The second kappa shape index (κ2) is 8.59. The van der Waals surface area contributed by atoms with Crippen molar-refractivity contribution >= 4 is 16.9 Å². The summed E-state index contributed by atoms with van der Waals surface area (Å²) in [6, 6.07) is 14.1. The van der Waals surface area contributed by atoms with Crippen LogP contribution in [-0.4, -0.2) is 25.6 Å². The molecule has 0 aliphatic carbocycles. The Morgan fingerprint density at radius 2 is 1.87 bits per heavy atom. The number of hydrogen-bond acceptors (Lipinski definition) is 4. The van der Waals surface area contributed by atoms with Gasteiger partial charge < -0.3 is 5.11 Å². The number of halogens is 1. The van der Waals surface area contributed by atoms with E-state index in [9.17, 15) is 14.0 Å². The van der Waals surface area contributed by atoms with Crippen LogP contribution in [0, 0.1) is 17.7 Å². The Labute approximate surface area is 176 Å². The lowest BCUT2D eigenvalue weighted by Gasteiger charge is -2.07. The van der Waals surface area contributed by atoms with Crippen LogP contribution in [0.2, 0.25) is 0 Å². The Morgan fingerprint density at radius 1 is 1.06 bits per heavy atom. The standard InChI is InChI=1S/C24H16FN3O3/c25-19-5-1-3-16(11-19)4-2-6-20-12-21-22(13-26-20)27-15-28(23(21)29)14-17-7-9-18(10-8-17)24(30)31/h1,3,5,7-13,15H,4,14H2,(H,30,31). The van der Waals surface area contributed by atoms with Gasteiger partial charge in [0.1, 0.15) is 11.5 Å². The van der Waals surface area contributed by atoms with Crippen molar-refractivity contribution in [2.75, 3.05) is 0 Å². The monoisotopic (exact) mass is 413 g/mol. The van der Waals surface area contributed by atoms with Crippen LogP contribution in [0.15, 0.2) is 71.9 Å². The summed E-state index contributed by atoms with van der Waals surface area (Å²) >= 11 is 0. The van der Waals surface area contributed by atoms with E-state index in [-0.39, 0.29) is 23.5 Å². The largest absolute Gasteiger partial charge is 0.478 e. The van der Waals surface area contributed by atoms with Crippen molar-refractivity contribution in [2.24, 2.45) is 0 Å². The van der Waals surface area contributed by atoms with Gasteiger partial charge in [-0.15, -0.1) is 0 Å². The molecule has 0 radical (unpaired) electrons. The summed E-state index contributed by atoms with van der Waals surface area (Å²) in [5.41, 5.74) is 2.34. The maximum Gasteiger partial charge on any atom is 0.335 e. The maximum atomic E-state index is 13.3. The van der Waals surface area contributed by atoms with Crippen LogP contribution in [0.25, 0.3) is 10.9 Å². The van der Waals surface area contributed by atoms with Crippen molar-refractivity contribution in [3.63, 3.8) is 0 Å². The van der Waals surface area contributed by atoms with Gasteiger partial charge in [-0.25, -0.2) is 19.2 Å². The van der Waals surface area contributed by atoms with Gasteiger partial charge in [0.15, 0.2) is 0 Å². The van der Waals surface area contributed by atoms with Gasteiger partial charge in [-0.1, -0.05) is 30.2 Å². The summed E-state index contributed by atoms with van der Waals surface area (Å²) in [6.45, 7) is 0.255. The maximum absolute atomic E-state index is 13.3. The molecule has 0 atom stereocenters. The molecule has 0 aliphatic heterocycles. The number of pyridine rings is 1. The first-order valence-corrected chi connectivity index (χ1v) is 9.40. The molecule has 1 N–H and O–H groups in total. The third kappa shape index (κ3) is 4.65. The molecular formula is C24H16FN3O3. The predicted octanol–water partition coefficient (Wildman–Crippen LogP) is 3.27. The highest BCUT2D eigenvalue weighted by Gasteiger charge is 2.07. The first-order chi connectivity index (χ1) is 15.0. The average molecular weight is 413 g/mol. The minimum Gasteiger partial charge on any atom is -0.478 e. The van der Waals surface area contributed by atoms with E-state index in [0.29, 0.717) is 23.0 Å². The molecule has 7 heteroatoms. The highest BCUT2D eigenvalue weighted by atomic mass is 19.1. The van der Waals surface area contributed by atoms with Gasteiger partial charge in [0.25, 0.3) is 5.56 Å². The van der Waals surface area contributed by atoms with Gasteiger partial charge in [0, 0.05) is 6.42 Å². The lowest BCUT2D eigenvalue weighted by Crippen LogP contribution is -2.21.